The second kappa shape index (κ2) is 8.63. The smallest absolute Gasteiger partial charge is 0.320 e. The summed E-state index contributed by atoms with van der Waals surface area (Å²) >= 11 is 0. The van der Waals surface area contributed by atoms with Gasteiger partial charge in [-0.15, -0.1) is 0 Å². The van der Waals surface area contributed by atoms with Crippen molar-refractivity contribution in [2.24, 2.45) is 11.7 Å². The van der Waals surface area contributed by atoms with Crippen molar-refractivity contribution >= 4 is 17.7 Å². The standard InChI is InChI=1S/C12H20N2O4.CH4/c13-10(12(17)18)3-1-2-6-14-11(16)8-4-5-9(15)7-8;/h8,10H,1-7,13H2,(H,14,16)(H,17,18);1H4/t8-,10?;/m1./s1. The molecular weight excluding hydrogens is 248 g/mol. The SMILES string of the molecule is C.NC(CCCCNC(=O)[C@@H]1CCC(=O)C1)C(=O)O. The van der Waals surface area contributed by atoms with Crippen LogP contribution in [0.25, 0.3) is 0 Å². The molecule has 2 atom stereocenters. The second-order valence-electron chi connectivity index (χ2n) is 4.71. The fourth-order valence-electron chi connectivity index (χ4n) is 2.01. The lowest BCUT2D eigenvalue weighted by Crippen LogP contribution is -2.32. The number of amides is 1. The Morgan fingerprint density at radius 1 is 1.42 bits per heavy atom. The first-order valence-corrected chi connectivity index (χ1v) is 6.28. The number of rotatable bonds is 7. The summed E-state index contributed by atoms with van der Waals surface area (Å²) < 4.78 is 0. The first-order valence-electron chi connectivity index (χ1n) is 6.28. The highest BCUT2D eigenvalue weighted by atomic mass is 16.4. The number of ketones is 1. The van der Waals surface area contributed by atoms with Crippen molar-refractivity contribution in [2.45, 2.75) is 52.0 Å². The molecule has 0 aromatic rings. The zero-order valence-electron chi connectivity index (χ0n) is 10.4. The molecule has 0 heterocycles. The minimum absolute atomic E-state index is 0. The zero-order valence-corrected chi connectivity index (χ0v) is 10.4. The van der Waals surface area contributed by atoms with E-state index in [0.29, 0.717) is 45.1 Å². The molecule has 0 saturated heterocycles. The summed E-state index contributed by atoms with van der Waals surface area (Å²) in [5.74, 6) is -1.08. The maximum atomic E-state index is 11.6. The van der Waals surface area contributed by atoms with Gasteiger partial charge in [0.1, 0.15) is 11.8 Å². The van der Waals surface area contributed by atoms with Crippen LogP contribution in [0.5, 0.6) is 0 Å². The summed E-state index contributed by atoms with van der Waals surface area (Å²) in [6, 6.07) is -0.826. The van der Waals surface area contributed by atoms with E-state index < -0.39 is 12.0 Å². The van der Waals surface area contributed by atoms with Crippen molar-refractivity contribution in [1.29, 1.82) is 0 Å². The molecule has 110 valence electrons. The van der Waals surface area contributed by atoms with Crippen LogP contribution in [0.3, 0.4) is 0 Å². The maximum absolute atomic E-state index is 11.6. The Morgan fingerprint density at radius 3 is 2.63 bits per heavy atom. The lowest BCUT2D eigenvalue weighted by atomic mass is 10.1. The summed E-state index contributed by atoms with van der Waals surface area (Å²) in [6.07, 6.45) is 3.29. The van der Waals surface area contributed by atoms with E-state index in [1.54, 1.807) is 0 Å². The molecule has 6 heteroatoms. The lowest BCUT2D eigenvalue weighted by molar-refractivity contribution is -0.138. The van der Waals surface area contributed by atoms with Crippen LogP contribution < -0.4 is 11.1 Å². The molecule has 0 spiro atoms. The summed E-state index contributed by atoms with van der Waals surface area (Å²) in [5, 5.41) is 11.3. The summed E-state index contributed by atoms with van der Waals surface area (Å²) in [5.41, 5.74) is 5.35. The highest BCUT2D eigenvalue weighted by Crippen LogP contribution is 2.21. The minimum Gasteiger partial charge on any atom is -0.480 e. The summed E-state index contributed by atoms with van der Waals surface area (Å²) in [4.78, 5) is 33.1. The number of unbranched alkanes of at least 4 members (excludes halogenated alkanes) is 1. The molecule has 0 aliphatic heterocycles. The van der Waals surface area contributed by atoms with E-state index in [2.05, 4.69) is 5.32 Å². The van der Waals surface area contributed by atoms with Crippen molar-refractivity contribution in [2.75, 3.05) is 6.54 Å². The van der Waals surface area contributed by atoms with E-state index in [1.807, 2.05) is 0 Å². The van der Waals surface area contributed by atoms with Gasteiger partial charge >= 0.3 is 5.97 Å². The molecule has 0 aromatic heterocycles. The van der Waals surface area contributed by atoms with Crippen molar-refractivity contribution < 1.29 is 19.5 Å². The van der Waals surface area contributed by atoms with Gasteiger partial charge in [-0.2, -0.15) is 0 Å². The average Bonchev–Trinajstić information content (AvgIpc) is 2.74. The van der Waals surface area contributed by atoms with E-state index in [9.17, 15) is 14.4 Å². The normalized spacial score (nSPS) is 19.6. The molecule has 1 aliphatic carbocycles. The molecule has 1 rings (SSSR count). The Kier molecular flexibility index (Phi) is 7.98. The summed E-state index contributed by atoms with van der Waals surface area (Å²) in [6.45, 7) is 0.510. The largest absolute Gasteiger partial charge is 0.480 e. The topological polar surface area (TPSA) is 109 Å². The van der Waals surface area contributed by atoms with Gasteiger partial charge in [-0.1, -0.05) is 7.43 Å². The molecule has 1 fully saturated rings. The number of hydrogen-bond donors (Lipinski definition) is 3. The monoisotopic (exact) mass is 272 g/mol. The highest BCUT2D eigenvalue weighted by molar-refractivity contribution is 5.89. The predicted molar refractivity (Wildman–Crippen MR) is 71.6 cm³/mol. The summed E-state index contributed by atoms with van der Waals surface area (Å²) in [7, 11) is 0. The number of nitrogens with two attached hydrogens (primary N) is 1. The Morgan fingerprint density at radius 2 is 2.11 bits per heavy atom. The van der Waals surface area contributed by atoms with Crippen LogP contribution in [-0.2, 0) is 14.4 Å². The molecule has 6 nitrogen and oxygen atoms in total. The molecule has 1 saturated carbocycles. The van der Waals surface area contributed by atoms with Gasteiger partial charge < -0.3 is 16.2 Å². The molecule has 0 bridgehead atoms. The number of carboxylic acids is 1. The number of hydrogen-bond acceptors (Lipinski definition) is 4. The highest BCUT2D eigenvalue weighted by Gasteiger charge is 2.27. The van der Waals surface area contributed by atoms with E-state index >= 15 is 0 Å². The Balaban J connectivity index is 0.00000324. The van der Waals surface area contributed by atoms with Crippen molar-refractivity contribution in [3.05, 3.63) is 0 Å². The Labute approximate surface area is 113 Å². The third-order valence-electron chi connectivity index (χ3n) is 3.17. The van der Waals surface area contributed by atoms with Crippen molar-refractivity contribution in [3.8, 4) is 0 Å². The first-order chi connectivity index (χ1) is 8.50. The molecule has 19 heavy (non-hydrogen) atoms. The van der Waals surface area contributed by atoms with Crippen LogP contribution in [0.4, 0.5) is 0 Å². The second-order valence-corrected chi connectivity index (χ2v) is 4.71. The number of Topliss-reactive ketones (excluding diaryl/α,β-unsaturated/α-hetero) is 1. The van der Waals surface area contributed by atoms with Crippen LogP contribution in [0.1, 0.15) is 46.0 Å². The maximum Gasteiger partial charge on any atom is 0.320 e. The van der Waals surface area contributed by atoms with Crippen LogP contribution in [0, 0.1) is 5.92 Å². The van der Waals surface area contributed by atoms with Crippen molar-refractivity contribution in [1.82, 2.24) is 5.32 Å². The molecule has 4 N–H and O–H groups in total. The number of carboxylic acid groups (broad SMARTS) is 1. The molecule has 0 aromatic carbocycles. The molecular formula is C13H24N2O4. The van der Waals surface area contributed by atoms with E-state index in [0.717, 1.165) is 0 Å². The van der Waals surface area contributed by atoms with E-state index in [-0.39, 0.29) is 25.0 Å². The molecule has 1 amide bonds. The van der Waals surface area contributed by atoms with Crippen LogP contribution in [0.15, 0.2) is 0 Å². The Bertz CT molecular complexity index is 331. The molecule has 0 radical (unpaired) electrons. The average molecular weight is 272 g/mol. The fourth-order valence-corrected chi connectivity index (χ4v) is 2.01. The van der Waals surface area contributed by atoms with Crippen molar-refractivity contribution in [3.63, 3.8) is 0 Å². The number of nitrogens with one attached hydrogen (secondary N) is 1. The number of carbonyl (C=O) groups is 3. The molecule has 1 unspecified atom stereocenters. The van der Waals surface area contributed by atoms with Crippen LogP contribution >= 0.6 is 0 Å². The van der Waals surface area contributed by atoms with Gasteiger partial charge in [-0.3, -0.25) is 14.4 Å². The fraction of sp³-hybridized carbons (Fsp3) is 0.769. The van der Waals surface area contributed by atoms with E-state index in [1.165, 1.54) is 0 Å². The van der Waals surface area contributed by atoms with Gasteiger partial charge in [-0.05, 0) is 25.7 Å². The van der Waals surface area contributed by atoms with Gasteiger partial charge in [0.25, 0.3) is 0 Å². The predicted octanol–water partition coefficient (Wildman–Crippen LogP) is 0.690. The lowest BCUT2D eigenvalue weighted by Gasteiger charge is -2.10. The third-order valence-corrected chi connectivity index (χ3v) is 3.17. The van der Waals surface area contributed by atoms with Crippen LogP contribution in [0.2, 0.25) is 0 Å². The first kappa shape index (κ1) is 17.6. The third kappa shape index (κ3) is 6.33. The quantitative estimate of drug-likeness (QED) is 0.591. The molecule has 1 aliphatic rings. The van der Waals surface area contributed by atoms with Gasteiger partial charge in [0.15, 0.2) is 0 Å². The van der Waals surface area contributed by atoms with Gasteiger partial charge in [0, 0.05) is 25.3 Å². The van der Waals surface area contributed by atoms with Crippen LogP contribution in [-0.4, -0.2) is 35.4 Å². The number of carbonyl (C=O) groups excluding carboxylic acids is 2. The van der Waals surface area contributed by atoms with Gasteiger partial charge in [0.05, 0.1) is 0 Å². The Hall–Kier alpha value is -1.43. The number of aliphatic carboxylic acids is 1. The minimum atomic E-state index is -0.997. The van der Waals surface area contributed by atoms with E-state index in [4.69, 9.17) is 10.8 Å². The van der Waals surface area contributed by atoms with Gasteiger partial charge in [-0.25, -0.2) is 0 Å². The van der Waals surface area contributed by atoms with Gasteiger partial charge in [0.2, 0.25) is 5.91 Å². The zero-order chi connectivity index (χ0) is 13.5.